The van der Waals surface area contributed by atoms with Crippen LogP contribution >= 0.6 is 0 Å². The van der Waals surface area contributed by atoms with Crippen LogP contribution in [0.25, 0.3) is 0 Å². The smallest absolute Gasteiger partial charge is 0.0614 e. The molecular formula is C20H40O. The van der Waals surface area contributed by atoms with Crippen molar-refractivity contribution in [2.45, 2.75) is 92.4 Å². The van der Waals surface area contributed by atoms with Gasteiger partial charge in [-0.25, -0.2) is 0 Å². The van der Waals surface area contributed by atoms with Gasteiger partial charge in [0.25, 0.3) is 0 Å². The molecule has 0 heterocycles. The molecule has 0 aromatic rings. The standard InChI is InChI=1S/C20H40O/c1-17(2)9-6-10-18(3)11-7-12-19(4)13-8-14-20(5)15-16-21/h15,17-19,21H,6-14,16H2,1-5H3/b20-15+/t18-,19-/m1/s1/i5+1,15+1,16+1. The van der Waals surface area contributed by atoms with E-state index in [1.165, 1.54) is 56.9 Å². The zero-order valence-electron chi connectivity index (χ0n) is 15.3. The van der Waals surface area contributed by atoms with Crippen molar-refractivity contribution in [2.75, 3.05) is 6.61 Å². The summed E-state index contributed by atoms with van der Waals surface area (Å²) in [5.74, 6) is 2.63. The zero-order chi connectivity index (χ0) is 16.1. The van der Waals surface area contributed by atoms with Crippen LogP contribution in [0.3, 0.4) is 0 Å². The van der Waals surface area contributed by atoms with E-state index < -0.39 is 0 Å². The van der Waals surface area contributed by atoms with E-state index in [1.807, 2.05) is 6.08 Å². The Morgan fingerprint density at radius 1 is 0.810 bits per heavy atom. The highest BCUT2D eigenvalue weighted by Crippen LogP contribution is 2.21. The van der Waals surface area contributed by atoms with Crippen LogP contribution in [0.1, 0.15) is 92.4 Å². The second-order valence-electron chi connectivity index (χ2n) is 7.59. The molecule has 1 N–H and O–H groups in total. The molecule has 0 aliphatic heterocycles. The van der Waals surface area contributed by atoms with Gasteiger partial charge in [-0.15, -0.1) is 0 Å². The van der Waals surface area contributed by atoms with Crippen molar-refractivity contribution >= 4 is 0 Å². The van der Waals surface area contributed by atoms with Crippen molar-refractivity contribution in [2.24, 2.45) is 17.8 Å². The monoisotopic (exact) mass is 299 g/mol. The van der Waals surface area contributed by atoms with Crippen LogP contribution in [0.15, 0.2) is 11.6 Å². The van der Waals surface area contributed by atoms with Crippen molar-refractivity contribution < 1.29 is 5.11 Å². The van der Waals surface area contributed by atoms with E-state index in [-0.39, 0.29) is 6.61 Å². The van der Waals surface area contributed by atoms with Crippen molar-refractivity contribution in [1.82, 2.24) is 0 Å². The summed E-state index contributed by atoms with van der Waals surface area (Å²) in [5, 5.41) is 8.83. The fraction of sp³-hybridized carbons (Fsp3) is 0.900. The number of hydrogen-bond donors (Lipinski definition) is 1. The summed E-state index contributed by atoms with van der Waals surface area (Å²) in [4.78, 5) is 0. The molecule has 21 heavy (non-hydrogen) atoms. The Balaban J connectivity index is 3.52. The predicted octanol–water partition coefficient (Wildman–Crippen LogP) is 6.36. The summed E-state index contributed by atoms with van der Waals surface area (Å²) in [6, 6.07) is 0. The third kappa shape index (κ3) is 14.4. The Hall–Kier alpha value is -0.300. The van der Waals surface area contributed by atoms with E-state index in [0.29, 0.717) is 0 Å². The van der Waals surface area contributed by atoms with E-state index in [0.717, 1.165) is 24.2 Å². The first kappa shape index (κ1) is 20.7. The van der Waals surface area contributed by atoms with E-state index >= 15 is 0 Å². The van der Waals surface area contributed by atoms with Gasteiger partial charge in [-0.3, -0.25) is 0 Å². The molecule has 0 aromatic carbocycles. The highest BCUT2D eigenvalue weighted by atomic mass is 16.3. The minimum Gasteiger partial charge on any atom is -0.392 e. The molecule has 1 nitrogen and oxygen atoms in total. The molecule has 0 fully saturated rings. The lowest BCUT2D eigenvalue weighted by molar-refractivity contribution is 0.341. The molecule has 2 atom stereocenters. The van der Waals surface area contributed by atoms with E-state index in [4.69, 9.17) is 5.11 Å². The van der Waals surface area contributed by atoms with Gasteiger partial charge in [0.15, 0.2) is 0 Å². The first-order valence-electron chi connectivity index (χ1n) is 9.22. The quantitative estimate of drug-likeness (QED) is 0.310. The van der Waals surface area contributed by atoms with Crippen LogP contribution in [-0.4, -0.2) is 11.7 Å². The lowest BCUT2D eigenvalue weighted by Gasteiger charge is -2.15. The Kier molecular flexibility index (Phi) is 13.2. The first-order chi connectivity index (χ1) is 9.95. The van der Waals surface area contributed by atoms with Crippen LogP contribution in [0.2, 0.25) is 0 Å². The molecule has 0 rings (SSSR count). The van der Waals surface area contributed by atoms with Gasteiger partial charge in [0.2, 0.25) is 0 Å². The molecule has 126 valence electrons. The molecule has 0 radical (unpaired) electrons. The van der Waals surface area contributed by atoms with E-state index in [1.54, 1.807) is 0 Å². The van der Waals surface area contributed by atoms with Crippen LogP contribution in [-0.2, 0) is 0 Å². The predicted molar refractivity (Wildman–Crippen MR) is 95.6 cm³/mol. The Bertz CT molecular complexity index is 255. The molecule has 0 aromatic heterocycles. The van der Waals surface area contributed by atoms with Crippen LogP contribution in [0, 0.1) is 17.8 Å². The van der Waals surface area contributed by atoms with E-state index in [9.17, 15) is 0 Å². The molecule has 0 saturated carbocycles. The number of hydrogen-bond acceptors (Lipinski definition) is 1. The average Bonchev–Trinajstić information content (AvgIpc) is 2.38. The van der Waals surface area contributed by atoms with Gasteiger partial charge in [0, 0.05) is 0 Å². The largest absolute Gasteiger partial charge is 0.392 e. The first-order valence-corrected chi connectivity index (χ1v) is 9.22. The van der Waals surface area contributed by atoms with Gasteiger partial charge in [0.05, 0.1) is 6.61 Å². The average molecular weight is 300 g/mol. The van der Waals surface area contributed by atoms with Crippen molar-refractivity contribution in [1.29, 1.82) is 0 Å². The Morgan fingerprint density at radius 2 is 1.29 bits per heavy atom. The van der Waals surface area contributed by atoms with Crippen molar-refractivity contribution in [3.63, 3.8) is 0 Å². The second-order valence-corrected chi connectivity index (χ2v) is 7.59. The van der Waals surface area contributed by atoms with Crippen molar-refractivity contribution in [3.8, 4) is 0 Å². The summed E-state index contributed by atoms with van der Waals surface area (Å²) in [6.07, 6.45) is 14.1. The molecule has 0 saturated heterocycles. The second kappa shape index (κ2) is 13.4. The van der Waals surface area contributed by atoms with Gasteiger partial charge in [0.1, 0.15) is 0 Å². The molecular weight excluding hydrogens is 259 g/mol. The minimum absolute atomic E-state index is 0.191. The van der Waals surface area contributed by atoms with Gasteiger partial charge in [-0.05, 0) is 37.5 Å². The maximum absolute atomic E-state index is 8.83. The van der Waals surface area contributed by atoms with Crippen LogP contribution < -0.4 is 0 Å². The Labute approximate surface area is 134 Å². The molecule has 0 unspecified atom stereocenters. The van der Waals surface area contributed by atoms with Gasteiger partial charge in [-0.2, -0.15) is 0 Å². The van der Waals surface area contributed by atoms with Crippen molar-refractivity contribution in [3.05, 3.63) is 11.6 Å². The summed E-state index contributed by atoms with van der Waals surface area (Å²) in [6.45, 7) is 11.8. The normalized spacial score (nSPS) is 15.5. The van der Waals surface area contributed by atoms with Gasteiger partial charge in [-0.1, -0.05) is 84.3 Å². The molecule has 0 spiro atoms. The number of allylic oxidation sites excluding steroid dienone is 1. The number of aliphatic hydroxyl groups is 1. The summed E-state index contributed by atoms with van der Waals surface area (Å²) in [5.41, 5.74) is 1.34. The molecule has 0 amide bonds. The highest BCUT2D eigenvalue weighted by molar-refractivity contribution is 4.97. The summed E-state index contributed by atoms with van der Waals surface area (Å²) in [7, 11) is 0. The fourth-order valence-electron chi connectivity index (χ4n) is 2.97. The van der Waals surface area contributed by atoms with Gasteiger partial charge < -0.3 is 5.11 Å². The third-order valence-corrected chi connectivity index (χ3v) is 4.58. The third-order valence-electron chi connectivity index (χ3n) is 4.58. The summed E-state index contributed by atoms with van der Waals surface area (Å²) < 4.78 is 0. The van der Waals surface area contributed by atoms with Crippen LogP contribution in [0.5, 0.6) is 0 Å². The fourth-order valence-corrected chi connectivity index (χ4v) is 2.97. The number of rotatable bonds is 13. The van der Waals surface area contributed by atoms with Gasteiger partial charge >= 0.3 is 0 Å². The topological polar surface area (TPSA) is 20.2 Å². The maximum Gasteiger partial charge on any atom is 0.0614 e. The molecule has 1 heteroatoms. The minimum atomic E-state index is 0.191. The lowest BCUT2D eigenvalue weighted by atomic mass is 9.92. The van der Waals surface area contributed by atoms with Crippen LogP contribution in [0.4, 0.5) is 0 Å². The maximum atomic E-state index is 8.83. The summed E-state index contributed by atoms with van der Waals surface area (Å²) >= 11 is 0. The highest BCUT2D eigenvalue weighted by Gasteiger charge is 2.06. The van der Waals surface area contributed by atoms with E-state index in [2.05, 4.69) is 34.6 Å². The lowest BCUT2D eigenvalue weighted by Crippen LogP contribution is -2.00. The number of aliphatic hydroxyl groups excluding tert-OH is 1. The molecule has 0 aliphatic rings. The Morgan fingerprint density at radius 3 is 1.76 bits per heavy atom. The molecule has 0 bridgehead atoms. The zero-order valence-corrected chi connectivity index (χ0v) is 15.3. The molecule has 0 aliphatic carbocycles. The SMILES string of the molecule is CC(C)CCC[C@@H](C)CCC[C@@H](C)CCC/C([13CH3])=[13CH]/[13CH2]O.